The number of amides is 1. The lowest BCUT2D eigenvalue weighted by Crippen LogP contribution is -2.43. The number of thiophene rings is 1. The van der Waals surface area contributed by atoms with Crippen LogP contribution in [0.25, 0.3) is 0 Å². The van der Waals surface area contributed by atoms with Crippen molar-refractivity contribution in [2.45, 2.75) is 64.5 Å². The highest BCUT2D eigenvalue weighted by Gasteiger charge is 2.34. The third-order valence-corrected chi connectivity index (χ3v) is 6.74. The van der Waals surface area contributed by atoms with E-state index in [1.807, 2.05) is 31.2 Å². The highest BCUT2D eigenvalue weighted by atomic mass is 32.1. The van der Waals surface area contributed by atoms with Crippen LogP contribution in [0.4, 0.5) is 5.69 Å². The van der Waals surface area contributed by atoms with Crippen molar-refractivity contribution in [3.8, 4) is 0 Å². The van der Waals surface area contributed by atoms with Crippen LogP contribution in [-0.2, 0) is 28.8 Å². The summed E-state index contributed by atoms with van der Waals surface area (Å²) < 4.78 is 5.56. The molecule has 1 aliphatic carbocycles. The van der Waals surface area contributed by atoms with Crippen molar-refractivity contribution >= 4 is 28.9 Å². The Morgan fingerprint density at radius 1 is 1.15 bits per heavy atom. The van der Waals surface area contributed by atoms with Crippen molar-refractivity contribution in [2.24, 2.45) is 0 Å². The van der Waals surface area contributed by atoms with Crippen LogP contribution in [0, 0.1) is 0 Å². The summed E-state index contributed by atoms with van der Waals surface area (Å²) in [5, 5.41) is 0. The molecule has 1 aliphatic heterocycles. The van der Waals surface area contributed by atoms with Crippen LogP contribution >= 0.6 is 11.3 Å². The van der Waals surface area contributed by atoms with Gasteiger partial charge in [0.2, 0.25) is 0 Å². The lowest BCUT2D eigenvalue weighted by molar-refractivity contribution is -0.126. The number of rotatable bonds is 3. The summed E-state index contributed by atoms with van der Waals surface area (Å²) in [5.41, 5.74) is 3.38. The van der Waals surface area contributed by atoms with Crippen LogP contribution in [-0.4, -0.2) is 24.0 Å². The zero-order valence-corrected chi connectivity index (χ0v) is 16.7. The summed E-state index contributed by atoms with van der Waals surface area (Å²) in [6, 6.07) is 9.99. The molecule has 0 unspecified atom stereocenters. The minimum Gasteiger partial charge on any atom is -0.448 e. The number of nitrogens with zero attached hydrogens (tertiary/aromatic N) is 1. The number of anilines is 1. The number of carbonyl (C=O) groups excluding carboxylic acids is 2. The van der Waals surface area contributed by atoms with E-state index in [1.165, 1.54) is 46.6 Å². The minimum absolute atomic E-state index is 0.0776. The Morgan fingerprint density at radius 3 is 2.78 bits per heavy atom. The average molecular weight is 384 g/mol. The van der Waals surface area contributed by atoms with E-state index in [2.05, 4.69) is 6.07 Å². The summed E-state index contributed by atoms with van der Waals surface area (Å²) in [7, 11) is 0. The maximum absolute atomic E-state index is 13.0. The van der Waals surface area contributed by atoms with Gasteiger partial charge >= 0.3 is 5.97 Å². The van der Waals surface area contributed by atoms with Gasteiger partial charge < -0.3 is 9.64 Å². The van der Waals surface area contributed by atoms with Crippen molar-refractivity contribution in [2.75, 3.05) is 4.90 Å². The number of aryl methyl sites for hydroxylation is 2. The lowest BCUT2D eigenvalue weighted by atomic mass is 10.1. The van der Waals surface area contributed by atoms with E-state index in [9.17, 15) is 9.59 Å². The van der Waals surface area contributed by atoms with Crippen molar-refractivity contribution in [3.63, 3.8) is 0 Å². The van der Waals surface area contributed by atoms with Crippen LogP contribution in [0.15, 0.2) is 30.3 Å². The number of hydrogen-bond donors (Lipinski definition) is 0. The number of ether oxygens (including phenoxy) is 1. The average Bonchev–Trinajstić information content (AvgIpc) is 3.13. The molecule has 142 valence electrons. The molecule has 2 aromatic rings. The Kier molecular flexibility index (Phi) is 5.04. The van der Waals surface area contributed by atoms with E-state index in [0.29, 0.717) is 4.88 Å². The molecular weight excluding hydrogens is 358 g/mol. The van der Waals surface area contributed by atoms with Gasteiger partial charge in [-0.3, -0.25) is 4.79 Å². The first kappa shape index (κ1) is 18.2. The third kappa shape index (κ3) is 3.53. The molecule has 0 saturated heterocycles. The predicted octanol–water partition coefficient (Wildman–Crippen LogP) is 4.54. The Morgan fingerprint density at radius 2 is 1.93 bits per heavy atom. The fraction of sp³-hybridized carbons (Fsp3) is 0.455. The Hall–Kier alpha value is -2.14. The lowest BCUT2D eigenvalue weighted by Gasteiger charge is -2.25. The molecule has 0 fully saturated rings. The summed E-state index contributed by atoms with van der Waals surface area (Å²) in [4.78, 5) is 29.3. The molecule has 2 aliphatic rings. The zero-order valence-electron chi connectivity index (χ0n) is 15.9. The van der Waals surface area contributed by atoms with Crippen molar-refractivity contribution in [1.82, 2.24) is 0 Å². The van der Waals surface area contributed by atoms with E-state index in [1.54, 1.807) is 11.8 Å². The van der Waals surface area contributed by atoms with Gasteiger partial charge in [0.1, 0.15) is 4.88 Å². The molecule has 5 heteroatoms. The Labute approximate surface area is 164 Å². The van der Waals surface area contributed by atoms with Gasteiger partial charge in [-0.1, -0.05) is 24.6 Å². The Bertz CT molecular complexity index is 849. The summed E-state index contributed by atoms with van der Waals surface area (Å²) in [5.74, 6) is -0.534. The minimum atomic E-state index is -0.798. The largest absolute Gasteiger partial charge is 0.448 e. The molecule has 27 heavy (non-hydrogen) atoms. The van der Waals surface area contributed by atoms with Gasteiger partial charge in [-0.05, 0) is 69.2 Å². The van der Waals surface area contributed by atoms with Crippen LogP contribution in [0.5, 0.6) is 0 Å². The van der Waals surface area contributed by atoms with E-state index in [4.69, 9.17) is 4.74 Å². The maximum atomic E-state index is 13.0. The fourth-order valence-electron chi connectivity index (χ4n) is 4.13. The van der Waals surface area contributed by atoms with Gasteiger partial charge in [0.25, 0.3) is 5.91 Å². The van der Waals surface area contributed by atoms with E-state index < -0.39 is 6.10 Å². The molecule has 0 N–H and O–H groups in total. The molecule has 1 aromatic heterocycles. The van der Waals surface area contributed by atoms with Gasteiger partial charge in [-0.15, -0.1) is 11.3 Å². The number of fused-ring (bicyclic) bond motifs is 2. The molecule has 0 spiro atoms. The van der Waals surface area contributed by atoms with E-state index in [-0.39, 0.29) is 17.9 Å². The second kappa shape index (κ2) is 7.47. The molecule has 4 nitrogen and oxygen atoms in total. The quantitative estimate of drug-likeness (QED) is 0.577. The molecule has 0 radical (unpaired) electrons. The maximum Gasteiger partial charge on any atom is 0.349 e. The zero-order chi connectivity index (χ0) is 19.0. The fourth-order valence-corrected chi connectivity index (χ4v) is 5.27. The van der Waals surface area contributed by atoms with Crippen LogP contribution in [0.3, 0.4) is 0 Å². The van der Waals surface area contributed by atoms with Gasteiger partial charge in [0.15, 0.2) is 6.10 Å². The topological polar surface area (TPSA) is 46.6 Å². The highest BCUT2D eigenvalue weighted by molar-refractivity contribution is 7.14. The normalized spacial score (nSPS) is 19.8. The summed E-state index contributed by atoms with van der Waals surface area (Å²) in [6.07, 6.45) is 5.73. The first-order valence-corrected chi connectivity index (χ1v) is 10.6. The SMILES string of the molecule is C[C@H](OC(=O)c1cc2c(s1)CCCCC2)C(=O)N1c2ccccc2C[C@H]1C. The molecule has 2 atom stereocenters. The second-order valence-electron chi connectivity index (χ2n) is 7.56. The van der Waals surface area contributed by atoms with E-state index >= 15 is 0 Å². The molecule has 0 bridgehead atoms. The van der Waals surface area contributed by atoms with Crippen molar-refractivity contribution in [3.05, 3.63) is 51.2 Å². The Balaban J connectivity index is 1.47. The number of esters is 1. The first-order valence-electron chi connectivity index (χ1n) is 9.78. The van der Waals surface area contributed by atoms with Gasteiger partial charge in [0, 0.05) is 16.6 Å². The van der Waals surface area contributed by atoms with Crippen molar-refractivity contribution in [1.29, 1.82) is 0 Å². The highest BCUT2D eigenvalue weighted by Crippen LogP contribution is 2.33. The molecular formula is C22H25NO3S. The first-order chi connectivity index (χ1) is 13.0. The molecule has 1 amide bonds. The monoisotopic (exact) mass is 383 g/mol. The number of hydrogen-bond acceptors (Lipinski definition) is 4. The molecule has 1 aromatic carbocycles. The number of benzene rings is 1. The molecule has 0 saturated carbocycles. The van der Waals surface area contributed by atoms with Gasteiger partial charge in [0.05, 0.1) is 0 Å². The number of carbonyl (C=O) groups is 2. The molecule has 2 heterocycles. The molecule has 4 rings (SSSR count). The third-order valence-electron chi connectivity index (χ3n) is 5.52. The predicted molar refractivity (Wildman–Crippen MR) is 108 cm³/mol. The summed E-state index contributed by atoms with van der Waals surface area (Å²) >= 11 is 1.53. The second-order valence-corrected chi connectivity index (χ2v) is 8.69. The van der Waals surface area contributed by atoms with Crippen molar-refractivity contribution < 1.29 is 14.3 Å². The van der Waals surface area contributed by atoms with Crippen LogP contribution in [0.2, 0.25) is 0 Å². The van der Waals surface area contributed by atoms with Crippen LogP contribution < -0.4 is 4.90 Å². The summed E-state index contributed by atoms with van der Waals surface area (Å²) in [6.45, 7) is 3.70. The standard InChI is InChI=1S/C22H25NO3S/c1-14-12-16-8-6-7-10-18(16)23(14)21(24)15(2)26-22(25)20-13-17-9-4-3-5-11-19(17)27-20/h6-8,10,13-15H,3-5,9,11-12H2,1-2H3/t14-,15+/m1/s1. The smallest absolute Gasteiger partial charge is 0.349 e. The van der Waals surface area contributed by atoms with Gasteiger partial charge in [-0.25, -0.2) is 4.79 Å². The van der Waals surface area contributed by atoms with E-state index in [0.717, 1.165) is 24.9 Å². The van der Waals surface area contributed by atoms with Gasteiger partial charge in [-0.2, -0.15) is 0 Å². The van der Waals surface area contributed by atoms with Crippen LogP contribution in [0.1, 0.15) is 58.8 Å². The number of para-hydroxylation sites is 1.